The molecule has 0 saturated carbocycles. The predicted octanol–water partition coefficient (Wildman–Crippen LogP) is 6.26. The van der Waals surface area contributed by atoms with Crippen LogP contribution in [0, 0.1) is 5.82 Å². The monoisotopic (exact) mass is 501 g/mol. The number of thioether (sulfide) groups is 1. The van der Waals surface area contributed by atoms with E-state index in [2.05, 4.69) is 10.3 Å². The molecule has 0 unspecified atom stereocenters. The quantitative estimate of drug-likeness (QED) is 0.456. The molecule has 0 bridgehead atoms. The van der Waals surface area contributed by atoms with Crippen LogP contribution in [0.1, 0.15) is 31.7 Å². The summed E-state index contributed by atoms with van der Waals surface area (Å²) in [5.41, 5.74) is -0.634. The molecule has 0 radical (unpaired) electrons. The molecule has 1 aliphatic rings. The average molecular weight is 502 g/mol. The predicted molar refractivity (Wildman–Crippen MR) is 121 cm³/mol. The second kappa shape index (κ2) is 10.6. The Hall–Kier alpha value is -2.59. The van der Waals surface area contributed by atoms with Gasteiger partial charge in [-0.1, -0.05) is 36.7 Å². The molecule has 176 valence electrons. The lowest BCUT2D eigenvalue weighted by molar-refractivity contribution is -0.137. The molecule has 1 saturated heterocycles. The Morgan fingerprint density at radius 1 is 1.21 bits per heavy atom. The lowest BCUT2D eigenvalue weighted by Crippen LogP contribution is -2.34. The molecule has 1 aliphatic heterocycles. The van der Waals surface area contributed by atoms with Gasteiger partial charge in [-0.05, 0) is 48.9 Å². The molecule has 1 atom stereocenters. The van der Waals surface area contributed by atoms with Gasteiger partial charge in [0.25, 0.3) is 0 Å². The Labute approximate surface area is 197 Å². The number of alkyl halides is 3. The van der Waals surface area contributed by atoms with Crippen LogP contribution in [0.2, 0.25) is 5.02 Å². The third-order valence-electron chi connectivity index (χ3n) is 4.73. The molecule has 33 heavy (non-hydrogen) atoms. The number of unbranched alkanes of at least 4 members (excludes halogenated alkanes) is 1. The number of nitrogens with zero attached hydrogens (tertiary/aromatic N) is 2. The number of hydrogen-bond acceptors (Lipinski definition) is 4. The normalized spacial score (nSPS) is 17.6. The largest absolute Gasteiger partial charge is 0.417 e. The van der Waals surface area contributed by atoms with Gasteiger partial charge in [-0.3, -0.25) is 14.5 Å². The SMILES string of the molecule is CCCCN1C(=O)[C@@H](CC(=O)Nc2ccc(F)cc2)SC1=Nc1ccc(Cl)c(C(F)(F)F)c1. The zero-order chi connectivity index (χ0) is 24.2. The van der Waals surface area contributed by atoms with Gasteiger partial charge in [0.05, 0.1) is 16.3 Å². The summed E-state index contributed by atoms with van der Waals surface area (Å²) in [6.07, 6.45) is -3.36. The number of benzene rings is 2. The van der Waals surface area contributed by atoms with Gasteiger partial charge < -0.3 is 5.32 Å². The van der Waals surface area contributed by atoms with Crippen LogP contribution in [0.3, 0.4) is 0 Å². The summed E-state index contributed by atoms with van der Waals surface area (Å²) in [5.74, 6) is -1.24. The van der Waals surface area contributed by atoms with E-state index in [-0.39, 0.29) is 23.2 Å². The molecule has 0 aliphatic carbocycles. The van der Waals surface area contributed by atoms with E-state index in [0.29, 0.717) is 18.7 Å². The van der Waals surface area contributed by atoms with Crippen molar-refractivity contribution < 1.29 is 27.2 Å². The molecule has 0 spiro atoms. The minimum absolute atomic E-state index is 0.0000582. The third-order valence-corrected chi connectivity index (χ3v) is 6.24. The van der Waals surface area contributed by atoms with Crippen molar-refractivity contribution in [3.8, 4) is 0 Å². The summed E-state index contributed by atoms with van der Waals surface area (Å²) in [4.78, 5) is 31.0. The van der Waals surface area contributed by atoms with Gasteiger partial charge in [-0.2, -0.15) is 13.2 Å². The minimum atomic E-state index is -4.64. The topological polar surface area (TPSA) is 61.8 Å². The number of aliphatic imine (C=N–C) groups is 1. The smallest absolute Gasteiger partial charge is 0.326 e. The molecule has 11 heteroatoms. The van der Waals surface area contributed by atoms with Gasteiger partial charge in [-0.25, -0.2) is 9.38 Å². The molecule has 1 N–H and O–H groups in total. The molecular formula is C22H20ClF4N3O2S. The lowest BCUT2D eigenvalue weighted by Gasteiger charge is -2.16. The highest BCUT2D eigenvalue weighted by Gasteiger charge is 2.39. The van der Waals surface area contributed by atoms with Gasteiger partial charge in [0.1, 0.15) is 11.1 Å². The molecule has 1 fully saturated rings. The van der Waals surface area contributed by atoms with E-state index in [1.807, 2.05) is 6.92 Å². The van der Waals surface area contributed by atoms with Crippen molar-refractivity contribution in [2.45, 2.75) is 37.6 Å². The molecule has 2 aromatic carbocycles. The number of carbonyl (C=O) groups is 2. The highest BCUT2D eigenvalue weighted by atomic mass is 35.5. The first kappa shape index (κ1) is 25.0. The maximum atomic E-state index is 13.2. The summed E-state index contributed by atoms with van der Waals surface area (Å²) in [6.45, 7) is 2.27. The third kappa shape index (κ3) is 6.48. The van der Waals surface area contributed by atoms with Crippen LogP contribution < -0.4 is 5.32 Å². The van der Waals surface area contributed by atoms with E-state index in [1.165, 1.54) is 35.2 Å². The van der Waals surface area contributed by atoms with Crippen LogP contribution in [0.15, 0.2) is 47.5 Å². The number of amidine groups is 1. The summed E-state index contributed by atoms with van der Waals surface area (Å²) in [7, 11) is 0. The number of nitrogens with one attached hydrogen (secondary N) is 1. The van der Waals surface area contributed by atoms with Gasteiger partial charge in [0.15, 0.2) is 5.17 Å². The first-order valence-corrected chi connectivity index (χ1v) is 11.3. The summed E-state index contributed by atoms with van der Waals surface area (Å²) < 4.78 is 52.6. The van der Waals surface area contributed by atoms with E-state index in [9.17, 15) is 27.2 Å². The zero-order valence-corrected chi connectivity index (χ0v) is 19.0. The molecule has 2 aromatic rings. The fourth-order valence-corrected chi connectivity index (χ4v) is 4.48. The number of halogens is 5. The molecule has 5 nitrogen and oxygen atoms in total. The Morgan fingerprint density at radius 3 is 2.55 bits per heavy atom. The van der Waals surface area contributed by atoms with Gasteiger partial charge in [-0.15, -0.1) is 0 Å². The lowest BCUT2D eigenvalue weighted by atomic mass is 10.2. The molecule has 3 rings (SSSR count). The van der Waals surface area contributed by atoms with Crippen LogP contribution in [0.4, 0.5) is 28.9 Å². The summed E-state index contributed by atoms with van der Waals surface area (Å²) in [6, 6.07) is 8.46. The highest BCUT2D eigenvalue weighted by Crippen LogP contribution is 2.38. The van der Waals surface area contributed by atoms with Crippen molar-refractivity contribution in [1.82, 2.24) is 4.90 Å². The van der Waals surface area contributed by atoms with Gasteiger partial charge in [0, 0.05) is 18.7 Å². The van der Waals surface area contributed by atoms with E-state index < -0.39 is 33.7 Å². The summed E-state index contributed by atoms with van der Waals surface area (Å²) >= 11 is 6.69. The van der Waals surface area contributed by atoms with Crippen LogP contribution in [-0.4, -0.2) is 33.7 Å². The standard InChI is InChI=1S/C22H20ClF4N3O2S/c1-2-3-10-30-20(32)18(12-19(31)28-14-6-4-13(24)5-7-14)33-21(30)29-15-8-9-17(23)16(11-15)22(25,26)27/h4-9,11,18H,2-3,10,12H2,1H3,(H,28,31)/t18-/m1/s1. The second-order valence-electron chi connectivity index (χ2n) is 7.27. The maximum Gasteiger partial charge on any atom is 0.417 e. The Morgan fingerprint density at radius 2 is 1.91 bits per heavy atom. The molecule has 1 heterocycles. The van der Waals surface area contributed by atoms with Crippen molar-refractivity contribution >= 4 is 51.7 Å². The van der Waals surface area contributed by atoms with Crippen molar-refractivity contribution in [2.24, 2.45) is 4.99 Å². The van der Waals surface area contributed by atoms with Crippen molar-refractivity contribution in [3.05, 3.63) is 58.9 Å². The van der Waals surface area contributed by atoms with Gasteiger partial charge in [0.2, 0.25) is 11.8 Å². The van der Waals surface area contributed by atoms with Crippen molar-refractivity contribution in [3.63, 3.8) is 0 Å². The number of amides is 2. The number of anilines is 1. The molecular weight excluding hydrogens is 482 g/mol. The second-order valence-corrected chi connectivity index (χ2v) is 8.84. The first-order chi connectivity index (χ1) is 15.6. The Balaban J connectivity index is 1.80. The van der Waals surface area contributed by atoms with E-state index >= 15 is 0 Å². The van der Waals surface area contributed by atoms with E-state index in [4.69, 9.17) is 11.6 Å². The molecule has 2 amide bonds. The highest BCUT2D eigenvalue weighted by molar-refractivity contribution is 8.15. The van der Waals surface area contributed by atoms with Crippen molar-refractivity contribution in [2.75, 3.05) is 11.9 Å². The number of carbonyl (C=O) groups excluding carboxylic acids is 2. The first-order valence-electron chi connectivity index (χ1n) is 10.1. The fraction of sp³-hybridized carbons (Fsp3) is 0.318. The fourth-order valence-electron chi connectivity index (χ4n) is 3.07. The number of hydrogen-bond donors (Lipinski definition) is 1. The van der Waals surface area contributed by atoms with E-state index in [0.717, 1.165) is 30.3 Å². The zero-order valence-electron chi connectivity index (χ0n) is 17.5. The van der Waals surface area contributed by atoms with E-state index in [1.54, 1.807) is 0 Å². The number of rotatable bonds is 7. The van der Waals surface area contributed by atoms with Crippen molar-refractivity contribution in [1.29, 1.82) is 0 Å². The molecule has 0 aromatic heterocycles. The van der Waals surface area contributed by atoms with Gasteiger partial charge >= 0.3 is 6.18 Å². The summed E-state index contributed by atoms with van der Waals surface area (Å²) in [5, 5.41) is 1.60. The van der Waals surface area contributed by atoms with Crippen LogP contribution in [0.25, 0.3) is 0 Å². The van der Waals surface area contributed by atoms with Crippen LogP contribution >= 0.6 is 23.4 Å². The minimum Gasteiger partial charge on any atom is -0.326 e. The average Bonchev–Trinajstić information content (AvgIpc) is 3.02. The Bertz CT molecular complexity index is 1060. The maximum absolute atomic E-state index is 13.2. The van der Waals surface area contributed by atoms with Crippen LogP contribution in [-0.2, 0) is 15.8 Å². The van der Waals surface area contributed by atoms with Crippen LogP contribution in [0.5, 0.6) is 0 Å². The Kier molecular flexibility index (Phi) is 8.01.